The van der Waals surface area contributed by atoms with Gasteiger partial charge in [-0.15, -0.1) is 12.4 Å². The number of carbonyl (C=O) groups excluding carboxylic acids is 2. The molecule has 0 aliphatic carbocycles. The largest absolute Gasteiger partial charge is 0.484 e. The highest BCUT2D eigenvalue weighted by molar-refractivity contribution is 7.99. The molecule has 1 aromatic rings. The molecular formula is C15H22ClN3O3S. The first-order valence-electron chi connectivity index (χ1n) is 7.21. The van der Waals surface area contributed by atoms with Crippen molar-refractivity contribution in [3.63, 3.8) is 0 Å². The van der Waals surface area contributed by atoms with Crippen LogP contribution in [0.25, 0.3) is 0 Å². The minimum Gasteiger partial charge on any atom is -0.484 e. The molecular weight excluding hydrogens is 338 g/mol. The smallest absolute Gasteiger partial charge is 0.255 e. The fourth-order valence-electron chi connectivity index (χ4n) is 2.15. The number of benzene rings is 1. The van der Waals surface area contributed by atoms with Crippen LogP contribution in [0.3, 0.4) is 0 Å². The lowest BCUT2D eigenvalue weighted by Crippen LogP contribution is -2.41. The standard InChI is InChI=1S/C15H21N3O3S.ClH/c16-14(19)9-21-13-3-1-2-11(6-13)8-18-15(20)7-12-10-22-5-4-17-12;/h1-3,6,12,17H,4-5,7-10H2,(H2,16,19)(H,18,20);1H. The molecule has 1 unspecified atom stereocenters. The maximum absolute atomic E-state index is 11.9. The topological polar surface area (TPSA) is 93.5 Å². The van der Waals surface area contributed by atoms with Gasteiger partial charge in [0.15, 0.2) is 6.61 Å². The fraction of sp³-hybridized carbons (Fsp3) is 0.467. The normalized spacial score (nSPS) is 17.0. The highest BCUT2D eigenvalue weighted by Gasteiger charge is 2.16. The summed E-state index contributed by atoms with van der Waals surface area (Å²) in [6, 6.07) is 7.50. The molecule has 0 aromatic heterocycles. The van der Waals surface area contributed by atoms with Gasteiger partial charge in [0.05, 0.1) is 0 Å². The Hall–Kier alpha value is -1.44. The van der Waals surface area contributed by atoms with E-state index < -0.39 is 5.91 Å². The van der Waals surface area contributed by atoms with Crippen molar-refractivity contribution < 1.29 is 14.3 Å². The minimum atomic E-state index is -0.517. The van der Waals surface area contributed by atoms with E-state index in [4.69, 9.17) is 10.5 Å². The predicted molar refractivity (Wildman–Crippen MR) is 94.0 cm³/mol. The molecule has 0 spiro atoms. The van der Waals surface area contributed by atoms with E-state index in [0.29, 0.717) is 18.7 Å². The second kappa shape index (κ2) is 10.4. The SMILES string of the molecule is Cl.NC(=O)COc1cccc(CNC(=O)CC2CSCCN2)c1. The zero-order chi connectivity index (χ0) is 15.8. The van der Waals surface area contributed by atoms with E-state index in [0.717, 1.165) is 23.6 Å². The van der Waals surface area contributed by atoms with Crippen LogP contribution in [0.15, 0.2) is 24.3 Å². The third-order valence-corrected chi connectivity index (χ3v) is 4.33. The van der Waals surface area contributed by atoms with E-state index >= 15 is 0 Å². The predicted octanol–water partition coefficient (Wildman–Crippen LogP) is 0.684. The zero-order valence-electron chi connectivity index (χ0n) is 12.7. The van der Waals surface area contributed by atoms with Crippen molar-refractivity contribution in [2.24, 2.45) is 5.73 Å². The molecule has 1 heterocycles. The van der Waals surface area contributed by atoms with Gasteiger partial charge >= 0.3 is 0 Å². The van der Waals surface area contributed by atoms with E-state index in [9.17, 15) is 9.59 Å². The Labute approximate surface area is 146 Å². The molecule has 1 saturated heterocycles. The molecule has 0 saturated carbocycles. The van der Waals surface area contributed by atoms with Crippen LogP contribution in [0.1, 0.15) is 12.0 Å². The van der Waals surface area contributed by atoms with E-state index in [1.807, 2.05) is 23.9 Å². The van der Waals surface area contributed by atoms with Crippen molar-refractivity contribution in [3.05, 3.63) is 29.8 Å². The van der Waals surface area contributed by atoms with Gasteiger partial charge in [0, 0.05) is 37.1 Å². The molecule has 4 N–H and O–H groups in total. The number of hydrogen-bond donors (Lipinski definition) is 3. The fourth-order valence-corrected chi connectivity index (χ4v) is 3.10. The van der Waals surface area contributed by atoms with Gasteiger partial charge in [-0.1, -0.05) is 12.1 Å². The molecule has 8 heteroatoms. The molecule has 2 amide bonds. The third-order valence-electron chi connectivity index (χ3n) is 3.20. The van der Waals surface area contributed by atoms with Gasteiger partial charge in [0.25, 0.3) is 5.91 Å². The highest BCUT2D eigenvalue weighted by atomic mass is 35.5. The Morgan fingerprint density at radius 3 is 2.96 bits per heavy atom. The molecule has 1 aliphatic rings. The molecule has 2 rings (SSSR count). The maximum atomic E-state index is 11.9. The Balaban J connectivity index is 0.00000264. The summed E-state index contributed by atoms with van der Waals surface area (Å²) in [5, 5.41) is 6.24. The lowest BCUT2D eigenvalue weighted by Gasteiger charge is -2.22. The number of halogens is 1. The number of nitrogens with two attached hydrogens (primary N) is 1. The van der Waals surface area contributed by atoms with E-state index in [1.165, 1.54) is 0 Å². The van der Waals surface area contributed by atoms with Gasteiger partial charge in [0.1, 0.15) is 5.75 Å². The summed E-state index contributed by atoms with van der Waals surface area (Å²) in [7, 11) is 0. The third kappa shape index (κ3) is 7.58. The van der Waals surface area contributed by atoms with Crippen LogP contribution in [-0.2, 0) is 16.1 Å². The first-order chi connectivity index (χ1) is 10.6. The summed E-state index contributed by atoms with van der Waals surface area (Å²) in [5.41, 5.74) is 5.95. The van der Waals surface area contributed by atoms with Crippen molar-refractivity contribution >= 4 is 36.0 Å². The number of amides is 2. The van der Waals surface area contributed by atoms with Crippen molar-refractivity contribution in [3.8, 4) is 5.75 Å². The summed E-state index contributed by atoms with van der Waals surface area (Å²) in [4.78, 5) is 22.6. The van der Waals surface area contributed by atoms with Gasteiger partial charge < -0.3 is 21.1 Å². The van der Waals surface area contributed by atoms with Crippen LogP contribution in [0.5, 0.6) is 5.75 Å². The van der Waals surface area contributed by atoms with Crippen LogP contribution in [0, 0.1) is 0 Å². The molecule has 1 fully saturated rings. The van der Waals surface area contributed by atoms with Gasteiger partial charge in [0.2, 0.25) is 5.91 Å². The number of ether oxygens (including phenoxy) is 1. The van der Waals surface area contributed by atoms with Crippen molar-refractivity contribution in [2.75, 3.05) is 24.7 Å². The van der Waals surface area contributed by atoms with Gasteiger partial charge in [-0.3, -0.25) is 9.59 Å². The van der Waals surface area contributed by atoms with Gasteiger partial charge in [-0.25, -0.2) is 0 Å². The first-order valence-corrected chi connectivity index (χ1v) is 8.37. The summed E-state index contributed by atoms with van der Waals surface area (Å²) >= 11 is 1.87. The molecule has 23 heavy (non-hydrogen) atoms. The molecule has 1 atom stereocenters. The average Bonchev–Trinajstić information content (AvgIpc) is 2.52. The molecule has 128 valence electrons. The second-order valence-corrected chi connectivity index (χ2v) is 6.26. The molecule has 1 aromatic carbocycles. The van der Waals surface area contributed by atoms with Crippen LogP contribution in [0.4, 0.5) is 0 Å². The van der Waals surface area contributed by atoms with Crippen molar-refractivity contribution in [1.29, 1.82) is 0 Å². The minimum absolute atomic E-state index is 0. The summed E-state index contributed by atoms with van der Waals surface area (Å²) in [6.45, 7) is 1.25. The van der Waals surface area contributed by atoms with E-state index in [2.05, 4.69) is 10.6 Å². The van der Waals surface area contributed by atoms with Crippen LogP contribution >= 0.6 is 24.2 Å². The highest BCUT2D eigenvalue weighted by Crippen LogP contribution is 2.13. The quantitative estimate of drug-likeness (QED) is 0.665. The summed E-state index contributed by atoms with van der Waals surface area (Å²) in [6.07, 6.45) is 0.491. The first kappa shape index (κ1) is 19.6. The Morgan fingerprint density at radius 1 is 1.43 bits per heavy atom. The number of thioether (sulfide) groups is 1. The summed E-state index contributed by atoms with van der Waals surface area (Å²) < 4.78 is 5.24. The molecule has 0 bridgehead atoms. The Morgan fingerprint density at radius 2 is 2.26 bits per heavy atom. The zero-order valence-corrected chi connectivity index (χ0v) is 14.4. The molecule has 1 aliphatic heterocycles. The maximum Gasteiger partial charge on any atom is 0.255 e. The van der Waals surface area contributed by atoms with Gasteiger partial charge in [-0.2, -0.15) is 11.8 Å². The average molecular weight is 360 g/mol. The Kier molecular flexibility index (Phi) is 8.83. The van der Waals surface area contributed by atoms with Crippen molar-refractivity contribution in [2.45, 2.75) is 19.0 Å². The van der Waals surface area contributed by atoms with Crippen LogP contribution in [0.2, 0.25) is 0 Å². The lowest BCUT2D eigenvalue weighted by molar-refractivity contribution is -0.121. The number of carbonyl (C=O) groups is 2. The monoisotopic (exact) mass is 359 g/mol. The number of rotatable bonds is 7. The van der Waals surface area contributed by atoms with E-state index in [-0.39, 0.29) is 31.0 Å². The van der Waals surface area contributed by atoms with Gasteiger partial charge in [-0.05, 0) is 17.7 Å². The lowest BCUT2D eigenvalue weighted by atomic mass is 10.2. The Bertz CT molecular complexity index is 524. The van der Waals surface area contributed by atoms with Crippen LogP contribution < -0.4 is 21.1 Å². The van der Waals surface area contributed by atoms with Crippen molar-refractivity contribution in [1.82, 2.24) is 10.6 Å². The van der Waals surface area contributed by atoms with E-state index in [1.54, 1.807) is 12.1 Å². The summed E-state index contributed by atoms with van der Waals surface area (Å²) in [5.74, 6) is 2.16. The number of nitrogens with one attached hydrogen (secondary N) is 2. The van der Waals surface area contributed by atoms with Crippen LogP contribution in [-0.4, -0.2) is 42.5 Å². The molecule has 6 nitrogen and oxygen atoms in total. The number of primary amides is 1. The number of hydrogen-bond acceptors (Lipinski definition) is 5. The second-order valence-electron chi connectivity index (χ2n) is 5.11. The molecule has 0 radical (unpaired) electrons.